The minimum atomic E-state index is -0.719. The smallest absolute Gasteiger partial charge is 0.254 e. The van der Waals surface area contributed by atoms with Gasteiger partial charge in [0.15, 0.2) is 0 Å². The van der Waals surface area contributed by atoms with Gasteiger partial charge >= 0.3 is 0 Å². The highest BCUT2D eigenvalue weighted by atomic mass is 16.3. The Morgan fingerprint density at radius 2 is 2.20 bits per heavy atom. The van der Waals surface area contributed by atoms with Crippen LogP contribution in [0.5, 0.6) is 0 Å². The summed E-state index contributed by atoms with van der Waals surface area (Å²) in [7, 11) is 0. The van der Waals surface area contributed by atoms with Gasteiger partial charge in [-0.2, -0.15) is 0 Å². The van der Waals surface area contributed by atoms with Crippen molar-refractivity contribution in [1.29, 1.82) is 0 Å². The topological polar surface area (TPSA) is 95.7 Å². The van der Waals surface area contributed by atoms with Crippen LogP contribution in [0.15, 0.2) is 18.2 Å². The first-order valence-corrected chi connectivity index (χ1v) is 6.71. The van der Waals surface area contributed by atoms with Gasteiger partial charge in [-0.15, -0.1) is 0 Å². The van der Waals surface area contributed by atoms with Crippen molar-refractivity contribution >= 4 is 17.5 Å². The van der Waals surface area contributed by atoms with Crippen molar-refractivity contribution in [3.63, 3.8) is 0 Å². The Morgan fingerprint density at radius 1 is 1.40 bits per heavy atom. The third-order valence-electron chi connectivity index (χ3n) is 3.93. The van der Waals surface area contributed by atoms with E-state index in [1.807, 2.05) is 12.1 Å². The second-order valence-corrected chi connectivity index (χ2v) is 5.31. The minimum Gasteiger partial charge on any atom is -0.391 e. The van der Waals surface area contributed by atoms with Crippen LogP contribution < -0.4 is 11.1 Å². The summed E-state index contributed by atoms with van der Waals surface area (Å²) in [5.74, 6) is -0.822. The van der Waals surface area contributed by atoms with E-state index < -0.39 is 18.1 Å². The summed E-state index contributed by atoms with van der Waals surface area (Å²) in [6.07, 6.45) is 0.416. The molecule has 2 atom stereocenters. The molecule has 2 aliphatic heterocycles. The maximum Gasteiger partial charge on any atom is 0.254 e. The van der Waals surface area contributed by atoms with E-state index in [1.54, 1.807) is 6.07 Å². The molecule has 1 aromatic rings. The molecule has 2 heterocycles. The van der Waals surface area contributed by atoms with Crippen molar-refractivity contribution in [2.24, 2.45) is 5.73 Å². The first-order valence-electron chi connectivity index (χ1n) is 6.71. The monoisotopic (exact) mass is 275 g/mol. The van der Waals surface area contributed by atoms with Crippen LogP contribution in [0.25, 0.3) is 0 Å². The molecule has 0 aliphatic carbocycles. The number of carbonyl (C=O) groups is 2. The van der Waals surface area contributed by atoms with Crippen LogP contribution in [0, 0.1) is 0 Å². The second-order valence-electron chi connectivity index (χ2n) is 5.31. The lowest BCUT2D eigenvalue weighted by atomic mass is 10.1. The molecular weight excluding hydrogens is 258 g/mol. The molecule has 20 heavy (non-hydrogen) atoms. The minimum absolute atomic E-state index is 0.155. The van der Waals surface area contributed by atoms with Crippen LogP contribution in [0.2, 0.25) is 0 Å². The number of aliphatic hydroxyl groups is 1. The molecule has 3 rings (SSSR count). The van der Waals surface area contributed by atoms with Gasteiger partial charge in [0.1, 0.15) is 6.04 Å². The van der Waals surface area contributed by atoms with Crippen molar-refractivity contribution < 1.29 is 14.7 Å². The van der Waals surface area contributed by atoms with Gasteiger partial charge in [0.25, 0.3) is 5.91 Å². The molecule has 1 fully saturated rings. The quantitative estimate of drug-likeness (QED) is 0.691. The summed E-state index contributed by atoms with van der Waals surface area (Å²) in [6, 6.07) is 4.74. The number of fused-ring (bicyclic) bond motifs is 1. The van der Waals surface area contributed by atoms with Crippen LogP contribution in [-0.4, -0.2) is 47.1 Å². The maximum absolute atomic E-state index is 12.5. The highest BCUT2D eigenvalue weighted by Crippen LogP contribution is 2.26. The number of nitrogens with two attached hydrogens (primary N) is 1. The molecular formula is C14H17N3O3. The molecule has 2 unspecified atom stereocenters. The maximum atomic E-state index is 12.5. The van der Waals surface area contributed by atoms with Crippen LogP contribution in [0.4, 0.5) is 5.69 Å². The van der Waals surface area contributed by atoms with Crippen molar-refractivity contribution in [2.45, 2.75) is 25.0 Å². The number of β-amino-alcohol motifs (C(OH)–C–C–N with tert-alkyl or cyclic N) is 1. The Kier molecular flexibility index (Phi) is 3.10. The summed E-state index contributed by atoms with van der Waals surface area (Å²) in [5.41, 5.74) is 7.99. The van der Waals surface area contributed by atoms with Gasteiger partial charge in [0, 0.05) is 30.8 Å². The molecule has 0 bridgehead atoms. The van der Waals surface area contributed by atoms with Gasteiger partial charge in [0.2, 0.25) is 5.91 Å². The lowest BCUT2D eigenvalue weighted by molar-refractivity contribution is -0.121. The van der Waals surface area contributed by atoms with Gasteiger partial charge < -0.3 is 21.1 Å². The molecule has 4 N–H and O–H groups in total. The first-order chi connectivity index (χ1) is 9.56. The number of hydrogen-bond donors (Lipinski definition) is 3. The zero-order valence-electron chi connectivity index (χ0n) is 11.0. The molecule has 0 aromatic heterocycles. The largest absolute Gasteiger partial charge is 0.391 e. The Morgan fingerprint density at radius 3 is 2.95 bits per heavy atom. The fourth-order valence-corrected chi connectivity index (χ4v) is 2.91. The highest BCUT2D eigenvalue weighted by molar-refractivity contribution is 5.98. The summed E-state index contributed by atoms with van der Waals surface area (Å²) in [4.78, 5) is 25.3. The van der Waals surface area contributed by atoms with Crippen LogP contribution in [0.1, 0.15) is 22.3 Å². The predicted molar refractivity (Wildman–Crippen MR) is 73.3 cm³/mol. The normalized spacial score (nSPS) is 24.4. The van der Waals surface area contributed by atoms with Gasteiger partial charge in [0.05, 0.1) is 6.10 Å². The van der Waals surface area contributed by atoms with Crippen LogP contribution in [-0.2, 0) is 11.2 Å². The molecule has 6 nitrogen and oxygen atoms in total. The van der Waals surface area contributed by atoms with Crippen molar-refractivity contribution in [2.75, 3.05) is 18.4 Å². The predicted octanol–water partition coefficient (Wildman–Crippen LogP) is -0.285. The number of carbonyl (C=O) groups excluding carboxylic acids is 2. The summed E-state index contributed by atoms with van der Waals surface area (Å²) >= 11 is 0. The fraction of sp³-hybridized carbons (Fsp3) is 0.429. The Bertz CT molecular complexity index is 573. The number of benzene rings is 1. The summed E-state index contributed by atoms with van der Waals surface area (Å²) in [5, 5.41) is 12.9. The number of aliphatic hydroxyl groups excluding tert-OH is 1. The molecule has 0 spiro atoms. The van der Waals surface area contributed by atoms with E-state index >= 15 is 0 Å². The molecule has 1 aromatic carbocycles. The lowest BCUT2D eigenvalue weighted by Gasteiger charge is -2.22. The Hall–Kier alpha value is -2.08. The number of likely N-dealkylation sites (tertiary alicyclic amines) is 1. The number of amides is 2. The van der Waals surface area contributed by atoms with Crippen LogP contribution >= 0.6 is 0 Å². The Labute approximate surface area is 116 Å². The molecule has 2 aliphatic rings. The number of nitrogens with one attached hydrogen (secondary N) is 1. The van der Waals surface area contributed by atoms with E-state index in [0.717, 1.165) is 24.2 Å². The van der Waals surface area contributed by atoms with Gasteiger partial charge in [-0.05, 0) is 30.2 Å². The molecule has 0 radical (unpaired) electrons. The zero-order chi connectivity index (χ0) is 14.3. The third kappa shape index (κ3) is 2.12. The number of anilines is 1. The van der Waals surface area contributed by atoms with E-state index in [4.69, 9.17) is 5.73 Å². The average Bonchev–Trinajstić information content (AvgIpc) is 3.02. The first kappa shape index (κ1) is 12.9. The van der Waals surface area contributed by atoms with E-state index in [9.17, 15) is 14.7 Å². The van der Waals surface area contributed by atoms with E-state index in [-0.39, 0.29) is 18.9 Å². The summed E-state index contributed by atoms with van der Waals surface area (Å²) < 4.78 is 0. The Balaban J connectivity index is 1.86. The van der Waals surface area contributed by atoms with Gasteiger partial charge in [-0.1, -0.05) is 0 Å². The molecule has 1 saturated heterocycles. The standard InChI is InChI=1S/C14H17N3O3/c15-13(19)12-6-10(18)7-17(12)14(20)9-1-2-11-8(5-9)3-4-16-11/h1-2,5,10,12,16,18H,3-4,6-7H2,(H2,15,19). The fourth-order valence-electron chi connectivity index (χ4n) is 2.91. The summed E-state index contributed by atoms with van der Waals surface area (Å²) in [6.45, 7) is 1.03. The van der Waals surface area contributed by atoms with Crippen molar-refractivity contribution in [3.05, 3.63) is 29.3 Å². The number of primary amides is 1. The molecule has 0 saturated carbocycles. The molecule has 2 amide bonds. The number of hydrogen-bond acceptors (Lipinski definition) is 4. The SMILES string of the molecule is NC(=O)C1CC(O)CN1C(=O)c1ccc2c(c1)CCN2. The third-order valence-corrected chi connectivity index (χ3v) is 3.93. The highest BCUT2D eigenvalue weighted by Gasteiger charge is 2.38. The second kappa shape index (κ2) is 4.79. The van der Waals surface area contributed by atoms with Gasteiger partial charge in [-0.3, -0.25) is 9.59 Å². The van der Waals surface area contributed by atoms with Crippen molar-refractivity contribution in [3.8, 4) is 0 Å². The lowest BCUT2D eigenvalue weighted by Crippen LogP contribution is -2.43. The van der Waals surface area contributed by atoms with E-state index in [2.05, 4.69) is 5.32 Å². The van der Waals surface area contributed by atoms with E-state index in [1.165, 1.54) is 4.90 Å². The van der Waals surface area contributed by atoms with Gasteiger partial charge in [-0.25, -0.2) is 0 Å². The number of rotatable bonds is 2. The molecule has 106 valence electrons. The average molecular weight is 275 g/mol. The number of nitrogens with zero attached hydrogens (tertiary/aromatic N) is 1. The molecule has 6 heteroatoms. The van der Waals surface area contributed by atoms with E-state index in [0.29, 0.717) is 5.56 Å². The van der Waals surface area contributed by atoms with Crippen LogP contribution in [0.3, 0.4) is 0 Å². The zero-order valence-corrected chi connectivity index (χ0v) is 11.0. The van der Waals surface area contributed by atoms with Crippen molar-refractivity contribution in [1.82, 2.24) is 4.90 Å².